The van der Waals surface area contributed by atoms with Crippen molar-refractivity contribution in [2.24, 2.45) is 12.8 Å². The van der Waals surface area contributed by atoms with Crippen LogP contribution in [0, 0.1) is 13.8 Å². The largest absolute Gasteiger partial charge is 0.337 e. The maximum absolute atomic E-state index is 5.60. The van der Waals surface area contributed by atoms with Crippen molar-refractivity contribution in [2.45, 2.75) is 26.8 Å². The van der Waals surface area contributed by atoms with Gasteiger partial charge in [-0.15, -0.1) is 0 Å². The molecule has 0 aliphatic carbocycles. The molecule has 2 rings (SSSR count). The third-order valence-corrected chi connectivity index (χ3v) is 3.08. The van der Waals surface area contributed by atoms with Gasteiger partial charge in [0.15, 0.2) is 0 Å². The van der Waals surface area contributed by atoms with Crippen molar-refractivity contribution in [3.8, 4) is 0 Å². The first-order valence-corrected chi connectivity index (χ1v) is 5.87. The molecule has 0 amide bonds. The molecule has 0 saturated heterocycles. The summed E-state index contributed by atoms with van der Waals surface area (Å²) in [5.74, 6) is 1.07. The minimum atomic E-state index is 0.501. The topological polar surface area (TPSA) is 43.8 Å². The molecule has 90 valence electrons. The molecule has 0 bridgehead atoms. The van der Waals surface area contributed by atoms with E-state index >= 15 is 0 Å². The second-order valence-electron chi connectivity index (χ2n) is 4.57. The van der Waals surface area contributed by atoms with Crippen LogP contribution in [-0.4, -0.2) is 9.55 Å². The molecule has 1 heterocycles. The van der Waals surface area contributed by atoms with Gasteiger partial charge in [0.05, 0.1) is 5.69 Å². The van der Waals surface area contributed by atoms with E-state index in [9.17, 15) is 0 Å². The monoisotopic (exact) mass is 229 g/mol. The fourth-order valence-corrected chi connectivity index (χ4v) is 2.05. The molecule has 0 atom stereocenters. The summed E-state index contributed by atoms with van der Waals surface area (Å²) in [4.78, 5) is 4.53. The smallest absolute Gasteiger partial charge is 0.113 e. The molecular formula is C14H19N3. The summed E-state index contributed by atoms with van der Waals surface area (Å²) in [6.07, 6.45) is 2.86. The molecule has 0 fully saturated rings. The van der Waals surface area contributed by atoms with Crippen LogP contribution in [0.1, 0.15) is 28.2 Å². The van der Waals surface area contributed by atoms with E-state index in [4.69, 9.17) is 5.73 Å². The molecule has 0 unspecified atom stereocenters. The summed E-state index contributed by atoms with van der Waals surface area (Å²) < 4.78 is 2.06. The van der Waals surface area contributed by atoms with Gasteiger partial charge in [-0.25, -0.2) is 4.98 Å². The van der Waals surface area contributed by atoms with Crippen molar-refractivity contribution in [1.82, 2.24) is 9.55 Å². The van der Waals surface area contributed by atoms with Gasteiger partial charge in [0.2, 0.25) is 0 Å². The van der Waals surface area contributed by atoms with Gasteiger partial charge in [-0.1, -0.05) is 23.8 Å². The highest BCUT2D eigenvalue weighted by atomic mass is 15.0. The summed E-state index contributed by atoms with van der Waals surface area (Å²) in [6, 6.07) is 6.54. The standard InChI is InChI=1S/C14H19N3/c1-10-4-5-12(11(2)6-10)7-14-16-13(8-15)9-17(14)3/h4-6,9H,7-8,15H2,1-3H3. The number of benzene rings is 1. The van der Waals surface area contributed by atoms with E-state index in [2.05, 4.69) is 41.6 Å². The van der Waals surface area contributed by atoms with Gasteiger partial charge < -0.3 is 10.3 Å². The van der Waals surface area contributed by atoms with E-state index in [-0.39, 0.29) is 0 Å². The second kappa shape index (κ2) is 4.72. The van der Waals surface area contributed by atoms with Gasteiger partial charge in [0, 0.05) is 26.2 Å². The number of hydrogen-bond donors (Lipinski definition) is 1. The Morgan fingerprint density at radius 1 is 1.29 bits per heavy atom. The van der Waals surface area contributed by atoms with Crippen LogP contribution in [0.2, 0.25) is 0 Å². The fourth-order valence-electron chi connectivity index (χ4n) is 2.05. The third-order valence-electron chi connectivity index (χ3n) is 3.08. The Labute approximate surface area is 102 Å². The minimum absolute atomic E-state index is 0.501. The lowest BCUT2D eigenvalue weighted by Crippen LogP contribution is -2.00. The van der Waals surface area contributed by atoms with Crippen LogP contribution in [0.15, 0.2) is 24.4 Å². The van der Waals surface area contributed by atoms with E-state index in [1.54, 1.807) is 0 Å². The van der Waals surface area contributed by atoms with Gasteiger partial charge in [-0.05, 0) is 25.0 Å². The summed E-state index contributed by atoms with van der Waals surface area (Å²) >= 11 is 0. The lowest BCUT2D eigenvalue weighted by molar-refractivity contribution is 0.819. The Bertz CT molecular complexity index is 526. The summed E-state index contributed by atoms with van der Waals surface area (Å²) in [5, 5.41) is 0. The van der Waals surface area contributed by atoms with Crippen LogP contribution in [0.4, 0.5) is 0 Å². The van der Waals surface area contributed by atoms with E-state index in [1.807, 2.05) is 13.2 Å². The zero-order valence-electron chi connectivity index (χ0n) is 10.7. The zero-order chi connectivity index (χ0) is 12.4. The SMILES string of the molecule is Cc1ccc(Cc2nc(CN)cn2C)c(C)c1. The van der Waals surface area contributed by atoms with Crippen molar-refractivity contribution in [3.63, 3.8) is 0 Å². The summed E-state index contributed by atoms with van der Waals surface area (Å²) in [6.45, 7) is 4.76. The average molecular weight is 229 g/mol. The van der Waals surface area contributed by atoms with Gasteiger partial charge in [-0.2, -0.15) is 0 Å². The van der Waals surface area contributed by atoms with Crippen LogP contribution in [0.5, 0.6) is 0 Å². The van der Waals surface area contributed by atoms with Crippen molar-refractivity contribution in [3.05, 3.63) is 52.6 Å². The predicted octanol–water partition coefficient (Wildman–Crippen LogP) is 2.09. The molecule has 3 heteroatoms. The van der Waals surface area contributed by atoms with Gasteiger partial charge in [-0.3, -0.25) is 0 Å². The maximum Gasteiger partial charge on any atom is 0.113 e. The number of imidazole rings is 1. The lowest BCUT2D eigenvalue weighted by atomic mass is 10.0. The quantitative estimate of drug-likeness (QED) is 0.875. The van der Waals surface area contributed by atoms with Gasteiger partial charge in [0.1, 0.15) is 5.82 Å². The van der Waals surface area contributed by atoms with Crippen molar-refractivity contribution < 1.29 is 0 Å². The molecule has 2 N–H and O–H groups in total. The van der Waals surface area contributed by atoms with Gasteiger partial charge in [0.25, 0.3) is 0 Å². The second-order valence-corrected chi connectivity index (χ2v) is 4.57. The summed E-state index contributed by atoms with van der Waals surface area (Å²) in [7, 11) is 2.02. The molecular weight excluding hydrogens is 210 g/mol. The highest BCUT2D eigenvalue weighted by Gasteiger charge is 2.07. The molecule has 1 aromatic heterocycles. The van der Waals surface area contributed by atoms with Crippen molar-refractivity contribution in [1.29, 1.82) is 0 Å². The Morgan fingerprint density at radius 2 is 2.06 bits per heavy atom. The van der Waals surface area contributed by atoms with E-state index < -0.39 is 0 Å². The lowest BCUT2D eigenvalue weighted by Gasteiger charge is -2.06. The van der Waals surface area contributed by atoms with E-state index in [0.29, 0.717) is 6.54 Å². The molecule has 0 spiro atoms. The number of aromatic nitrogens is 2. The number of hydrogen-bond acceptors (Lipinski definition) is 2. The molecule has 1 aromatic carbocycles. The van der Waals surface area contributed by atoms with Crippen LogP contribution in [0.3, 0.4) is 0 Å². The minimum Gasteiger partial charge on any atom is -0.337 e. The first-order valence-electron chi connectivity index (χ1n) is 5.87. The summed E-state index contributed by atoms with van der Waals surface area (Å²) in [5.41, 5.74) is 10.5. The number of nitrogens with zero attached hydrogens (tertiary/aromatic N) is 2. The van der Waals surface area contributed by atoms with E-state index in [1.165, 1.54) is 16.7 Å². The molecule has 0 aliphatic heterocycles. The molecule has 2 aromatic rings. The molecule has 0 aliphatic rings. The molecule has 17 heavy (non-hydrogen) atoms. The van der Waals surface area contributed by atoms with Crippen LogP contribution < -0.4 is 5.73 Å². The fraction of sp³-hybridized carbons (Fsp3) is 0.357. The van der Waals surface area contributed by atoms with Crippen molar-refractivity contribution in [2.75, 3.05) is 0 Å². The number of rotatable bonds is 3. The Morgan fingerprint density at radius 3 is 2.65 bits per heavy atom. The zero-order valence-corrected chi connectivity index (χ0v) is 10.7. The highest BCUT2D eigenvalue weighted by Crippen LogP contribution is 2.15. The third kappa shape index (κ3) is 2.56. The van der Waals surface area contributed by atoms with Crippen LogP contribution in [-0.2, 0) is 20.0 Å². The van der Waals surface area contributed by atoms with E-state index in [0.717, 1.165) is 17.9 Å². The average Bonchev–Trinajstić information content (AvgIpc) is 2.64. The predicted molar refractivity (Wildman–Crippen MR) is 69.8 cm³/mol. The Balaban J connectivity index is 2.27. The molecule has 3 nitrogen and oxygen atoms in total. The highest BCUT2D eigenvalue weighted by molar-refractivity contribution is 5.32. The molecule has 0 saturated carbocycles. The van der Waals surface area contributed by atoms with Crippen LogP contribution in [0.25, 0.3) is 0 Å². The first-order chi connectivity index (χ1) is 8.10. The van der Waals surface area contributed by atoms with Crippen molar-refractivity contribution >= 4 is 0 Å². The van der Waals surface area contributed by atoms with Gasteiger partial charge >= 0.3 is 0 Å². The number of nitrogens with two attached hydrogens (primary N) is 1. The van der Waals surface area contributed by atoms with Crippen LogP contribution >= 0.6 is 0 Å². The normalized spacial score (nSPS) is 10.8. The Kier molecular flexibility index (Phi) is 3.29. The Hall–Kier alpha value is -1.61. The first kappa shape index (κ1) is 11.9. The molecule has 0 radical (unpaired) electrons. The number of aryl methyl sites for hydroxylation is 3. The maximum atomic E-state index is 5.60.